The van der Waals surface area contributed by atoms with E-state index in [0.29, 0.717) is 24.5 Å². The lowest BCUT2D eigenvalue weighted by Crippen LogP contribution is -2.26. The van der Waals surface area contributed by atoms with Gasteiger partial charge in [-0.2, -0.15) is 15.0 Å². The number of methoxy groups -OCH3 is 1. The molecule has 8 nitrogen and oxygen atoms in total. The topological polar surface area (TPSA) is 101 Å². The smallest absolute Gasteiger partial charge is 0.243 e. The molecular formula is C11H23N7O. The highest BCUT2D eigenvalue weighted by Gasteiger charge is 2.10. The molecule has 1 aromatic rings. The molecule has 0 radical (unpaired) electrons. The lowest BCUT2D eigenvalue weighted by Gasteiger charge is -2.19. The van der Waals surface area contributed by atoms with Crippen LogP contribution >= 0.6 is 0 Å². The summed E-state index contributed by atoms with van der Waals surface area (Å²) in [6, 6.07) is 0. The molecule has 0 fully saturated rings. The van der Waals surface area contributed by atoms with Crippen LogP contribution < -0.4 is 21.5 Å². The summed E-state index contributed by atoms with van der Waals surface area (Å²) < 4.78 is 4.99. The van der Waals surface area contributed by atoms with E-state index in [2.05, 4.69) is 39.5 Å². The van der Waals surface area contributed by atoms with E-state index in [4.69, 9.17) is 10.6 Å². The molecule has 0 atom stereocenters. The number of nitrogens with two attached hydrogens (primary N) is 1. The Labute approximate surface area is 113 Å². The van der Waals surface area contributed by atoms with Gasteiger partial charge in [-0.25, -0.2) is 5.84 Å². The van der Waals surface area contributed by atoms with Crippen molar-refractivity contribution in [1.82, 2.24) is 15.0 Å². The molecule has 1 rings (SSSR count). The van der Waals surface area contributed by atoms with Crippen molar-refractivity contribution in [3.8, 4) is 0 Å². The van der Waals surface area contributed by atoms with Gasteiger partial charge in [0, 0.05) is 33.4 Å². The van der Waals surface area contributed by atoms with Crippen LogP contribution in [0.1, 0.15) is 20.3 Å². The fourth-order valence-electron chi connectivity index (χ4n) is 1.57. The molecule has 4 N–H and O–H groups in total. The van der Waals surface area contributed by atoms with Crippen LogP contribution in [-0.4, -0.2) is 48.3 Å². The maximum atomic E-state index is 5.38. The number of hydrazine groups is 1. The van der Waals surface area contributed by atoms with Gasteiger partial charge in [0.2, 0.25) is 17.8 Å². The van der Waals surface area contributed by atoms with Crippen LogP contribution in [0.5, 0.6) is 0 Å². The van der Waals surface area contributed by atoms with Crippen molar-refractivity contribution in [3.63, 3.8) is 0 Å². The lowest BCUT2D eigenvalue weighted by atomic mass is 10.4. The van der Waals surface area contributed by atoms with Crippen LogP contribution in [0, 0.1) is 0 Å². The highest BCUT2D eigenvalue weighted by Crippen LogP contribution is 2.12. The second-order valence-electron chi connectivity index (χ2n) is 3.87. The summed E-state index contributed by atoms with van der Waals surface area (Å²) in [7, 11) is 1.68. The van der Waals surface area contributed by atoms with Crippen LogP contribution in [0.2, 0.25) is 0 Å². The molecule has 1 heterocycles. The summed E-state index contributed by atoms with van der Waals surface area (Å²) in [6.45, 7) is 7.19. The maximum Gasteiger partial charge on any atom is 0.243 e. The Morgan fingerprint density at radius 3 is 2.42 bits per heavy atom. The second-order valence-corrected chi connectivity index (χ2v) is 3.87. The van der Waals surface area contributed by atoms with E-state index in [-0.39, 0.29) is 0 Å². The summed E-state index contributed by atoms with van der Waals surface area (Å²) in [5, 5.41) is 3.13. The molecular weight excluding hydrogens is 246 g/mol. The van der Waals surface area contributed by atoms with E-state index in [9.17, 15) is 0 Å². The Morgan fingerprint density at radius 1 is 1.16 bits per heavy atom. The van der Waals surface area contributed by atoms with Gasteiger partial charge in [0.1, 0.15) is 0 Å². The predicted octanol–water partition coefficient (Wildman–Crippen LogP) is 0.452. The zero-order valence-electron chi connectivity index (χ0n) is 11.8. The number of ether oxygens (including phenoxy) is 1. The lowest BCUT2D eigenvalue weighted by molar-refractivity contribution is 0.197. The Morgan fingerprint density at radius 2 is 1.84 bits per heavy atom. The first-order valence-corrected chi connectivity index (χ1v) is 6.45. The summed E-state index contributed by atoms with van der Waals surface area (Å²) in [5.41, 5.74) is 2.46. The Kier molecular flexibility index (Phi) is 6.83. The first kappa shape index (κ1) is 15.4. The van der Waals surface area contributed by atoms with Gasteiger partial charge in [0.05, 0.1) is 0 Å². The van der Waals surface area contributed by atoms with Crippen LogP contribution in [-0.2, 0) is 4.74 Å². The van der Waals surface area contributed by atoms with Crippen LogP contribution in [0.3, 0.4) is 0 Å². The van der Waals surface area contributed by atoms with E-state index in [1.54, 1.807) is 7.11 Å². The quantitative estimate of drug-likeness (QED) is 0.337. The first-order valence-electron chi connectivity index (χ1n) is 6.45. The number of hydrogen-bond donors (Lipinski definition) is 3. The molecule has 108 valence electrons. The highest BCUT2D eigenvalue weighted by molar-refractivity contribution is 5.43. The van der Waals surface area contributed by atoms with Crippen molar-refractivity contribution in [3.05, 3.63) is 0 Å². The maximum absolute atomic E-state index is 5.38. The van der Waals surface area contributed by atoms with Gasteiger partial charge in [-0.1, -0.05) is 0 Å². The van der Waals surface area contributed by atoms with Gasteiger partial charge in [-0.3, -0.25) is 5.43 Å². The molecule has 0 aliphatic carbocycles. The molecule has 0 aliphatic rings. The third kappa shape index (κ3) is 4.84. The van der Waals surface area contributed by atoms with Crippen LogP contribution in [0.25, 0.3) is 0 Å². The Hall–Kier alpha value is -1.67. The molecule has 19 heavy (non-hydrogen) atoms. The van der Waals surface area contributed by atoms with Gasteiger partial charge in [-0.15, -0.1) is 0 Å². The molecule has 0 unspecified atom stereocenters. The van der Waals surface area contributed by atoms with Crippen LogP contribution in [0.4, 0.5) is 17.8 Å². The molecule has 1 aromatic heterocycles. The molecule has 0 spiro atoms. The summed E-state index contributed by atoms with van der Waals surface area (Å²) >= 11 is 0. The minimum Gasteiger partial charge on any atom is -0.385 e. The van der Waals surface area contributed by atoms with Crippen molar-refractivity contribution >= 4 is 17.8 Å². The molecule has 0 amide bonds. The number of rotatable bonds is 9. The van der Waals surface area contributed by atoms with E-state index in [0.717, 1.165) is 26.1 Å². The molecule has 0 aliphatic heterocycles. The van der Waals surface area contributed by atoms with Gasteiger partial charge in [0.25, 0.3) is 0 Å². The fraction of sp³-hybridized carbons (Fsp3) is 0.727. The molecule has 8 heteroatoms. The SMILES string of the molecule is CCN(CC)c1nc(NN)nc(NCCCOC)n1. The number of aromatic nitrogens is 3. The largest absolute Gasteiger partial charge is 0.385 e. The van der Waals surface area contributed by atoms with Crippen molar-refractivity contribution in [2.75, 3.05) is 49.0 Å². The van der Waals surface area contributed by atoms with E-state index < -0.39 is 0 Å². The number of hydrogen-bond acceptors (Lipinski definition) is 8. The van der Waals surface area contributed by atoms with Crippen molar-refractivity contribution in [1.29, 1.82) is 0 Å². The van der Waals surface area contributed by atoms with Gasteiger partial charge in [-0.05, 0) is 20.3 Å². The average Bonchev–Trinajstić information content (AvgIpc) is 2.45. The number of nitrogens with one attached hydrogen (secondary N) is 2. The van der Waals surface area contributed by atoms with E-state index >= 15 is 0 Å². The second kappa shape index (κ2) is 8.44. The van der Waals surface area contributed by atoms with Crippen molar-refractivity contribution in [2.45, 2.75) is 20.3 Å². The van der Waals surface area contributed by atoms with Gasteiger partial charge >= 0.3 is 0 Å². The fourth-order valence-corrected chi connectivity index (χ4v) is 1.57. The third-order valence-corrected chi connectivity index (χ3v) is 2.61. The van der Waals surface area contributed by atoms with Crippen molar-refractivity contribution in [2.24, 2.45) is 5.84 Å². The molecule has 0 bridgehead atoms. The van der Waals surface area contributed by atoms with Gasteiger partial charge in [0.15, 0.2) is 0 Å². The normalized spacial score (nSPS) is 10.3. The minimum atomic E-state index is 0.353. The number of nitrogen functional groups attached to an aromatic ring is 1. The Bertz CT molecular complexity index is 370. The number of anilines is 3. The average molecular weight is 269 g/mol. The highest BCUT2D eigenvalue weighted by atomic mass is 16.5. The monoisotopic (exact) mass is 269 g/mol. The van der Waals surface area contributed by atoms with E-state index in [1.165, 1.54) is 0 Å². The third-order valence-electron chi connectivity index (χ3n) is 2.61. The Balaban J connectivity index is 2.77. The zero-order chi connectivity index (χ0) is 14.1. The zero-order valence-corrected chi connectivity index (χ0v) is 11.8. The molecule has 0 saturated carbocycles. The van der Waals surface area contributed by atoms with Gasteiger partial charge < -0.3 is 15.0 Å². The standard InChI is InChI=1S/C11H23N7O/c1-4-18(5-2)11-15-9(13-7-6-8-19-3)14-10(16-11)17-12/h4-8,12H2,1-3H3,(H2,13,14,15,16,17). The predicted molar refractivity (Wildman–Crippen MR) is 76.2 cm³/mol. The molecule has 0 saturated heterocycles. The number of nitrogens with zero attached hydrogens (tertiary/aromatic N) is 4. The summed E-state index contributed by atoms with van der Waals surface area (Å²) in [6.07, 6.45) is 0.883. The summed E-state index contributed by atoms with van der Waals surface area (Å²) in [4.78, 5) is 14.8. The van der Waals surface area contributed by atoms with Crippen LogP contribution in [0.15, 0.2) is 0 Å². The minimum absolute atomic E-state index is 0.353. The molecule has 0 aromatic carbocycles. The van der Waals surface area contributed by atoms with Crippen molar-refractivity contribution < 1.29 is 4.74 Å². The summed E-state index contributed by atoms with van der Waals surface area (Å²) in [5.74, 6) is 6.86. The first-order chi connectivity index (χ1) is 9.24. The van der Waals surface area contributed by atoms with E-state index in [1.807, 2.05) is 4.90 Å².